The van der Waals surface area contributed by atoms with Gasteiger partial charge in [0.25, 0.3) is 0 Å². The van der Waals surface area contributed by atoms with E-state index in [9.17, 15) is 8.42 Å². The maximum atomic E-state index is 12.0. The third kappa shape index (κ3) is 2.98. The van der Waals surface area contributed by atoms with Crippen molar-refractivity contribution >= 4 is 26.0 Å². The SMILES string of the molecule is C[C@H](NS(=O)(=O)c1cn[nH]c1)c1ccc(Br)cc1. The first kappa shape index (κ1) is 13.3. The molecule has 7 heteroatoms. The lowest BCUT2D eigenvalue weighted by Gasteiger charge is -2.13. The van der Waals surface area contributed by atoms with Gasteiger partial charge >= 0.3 is 0 Å². The number of aromatic nitrogens is 2. The molecule has 2 aromatic rings. The summed E-state index contributed by atoms with van der Waals surface area (Å²) in [6.45, 7) is 1.79. The fourth-order valence-electron chi connectivity index (χ4n) is 1.51. The smallest absolute Gasteiger partial charge is 0.244 e. The lowest BCUT2D eigenvalue weighted by atomic mass is 10.1. The average Bonchev–Trinajstić information content (AvgIpc) is 2.83. The summed E-state index contributed by atoms with van der Waals surface area (Å²) in [5.74, 6) is 0. The van der Waals surface area contributed by atoms with Gasteiger partial charge < -0.3 is 0 Å². The minimum atomic E-state index is -3.53. The predicted molar refractivity (Wildman–Crippen MR) is 71.5 cm³/mol. The van der Waals surface area contributed by atoms with E-state index in [1.54, 1.807) is 6.92 Å². The quantitative estimate of drug-likeness (QED) is 0.903. The van der Waals surface area contributed by atoms with E-state index >= 15 is 0 Å². The van der Waals surface area contributed by atoms with Crippen molar-refractivity contribution in [3.05, 3.63) is 46.7 Å². The Bertz CT molecular complexity index is 608. The van der Waals surface area contributed by atoms with Crippen LogP contribution >= 0.6 is 15.9 Å². The molecule has 0 aliphatic carbocycles. The van der Waals surface area contributed by atoms with Crippen molar-refractivity contribution in [1.82, 2.24) is 14.9 Å². The van der Waals surface area contributed by atoms with Crippen LogP contribution in [0.4, 0.5) is 0 Å². The molecule has 18 heavy (non-hydrogen) atoms. The molecule has 0 bridgehead atoms. The Morgan fingerprint density at radius 2 is 2.00 bits per heavy atom. The maximum absolute atomic E-state index is 12.0. The molecule has 2 rings (SSSR count). The summed E-state index contributed by atoms with van der Waals surface area (Å²) < 4.78 is 27.5. The first-order chi connectivity index (χ1) is 8.49. The molecule has 96 valence electrons. The third-order valence-corrected chi connectivity index (χ3v) is 4.52. The number of nitrogens with one attached hydrogen (secondary N) is 2. The predicted octanol–water partition coefficient (Wildman–Crippen LogP) is 2.21. The number of halogens is 1. The maximum Gasteiger partial charge on any atom is 0.244 e. The lowest BCUT2D eigenvalue weighted by Crippen LogP contribution is -2.26. The number of H-pyrrole nitrogens is 1. The van der Waals surface area contributed by atoms with Crippen molar-refractivity contribution in [3.8, 4) is 0 Å². The summed E-state index contributed by atoms with van der Waals surface area (Å²) >= 11 is 3.34. The minimum Gasteiger partial charge on any atom is -0.284 e. The number of sulfonamides is 1. The van der Waals surface area contributed by atoms with Crippen LogP contribution in [0.25, 0.3) is 0 Å². The van der Waals surface area contributed by atoms with Gasteiger partial charge in [0.15, 0.2) is 0 Å². The highest BCUT2D eigenvalue weighted by Gasteiger charge is 2.19. The van der Waals surface area contributed by atoms with Gasteiger partial charge in [0.2, 0.25) is 10.0 Å². The molecule has 0 aliphatic heterocycles. The molecule has 0 amide bonds. The van der Waals surface area contributed by atoms with Gasteiger partial charge in [0, 0.05) is 16.7 Å². The van der Waals surface area contributed by atoms with E-state index in [-0.39, 0.29) is 10.9 Å². The molecule has 1 heterocycles. The number of rotatable bonds is 4. The Labute approximate surface area is 114 Å². The van der Waals surface area contributed by atoms with Crippen molar-refractivity contribution in [3.63, 3.8) is 0 Å². The van der Waals surface area contributed by atoms with Crippen molar-refractivity contribution in [2.45, 2.75) is 17.9 Å². The van der Waals surface area contributed by atoms with E-state index in [1.807, 2.05) is 24.3 Å². The summed E-state index contributed by atoms with van der Waals surface area (Å²) in [7, 11) is -3.53. The number of benzene rings is 1. The third-order valence-electron chi connectivity index (χ3n) is 2.49. The molecule has 0 saturated heterocycles. The molecular weight excluding hydrogens is 318 g/mol. The first-order valence-electron chi connectivity index (χ1n) is 5.25. The van der Waals surface area contributed by atoms with E-state index in [0.29, 0.717) is 0 Å². The van der Waals surface area contributed by atoms with Gasteiger partial charge in [0.05, 0.1) is 6.20 Å². The van der Waals surface area contributed by atoms with Gasteiger partial charge in [0.1, 0.15) is 4.90 Å². The molecule has 0 aliphatic rings. The molecule has 0 unspecified atom stereocenters. The molecule has 0 radical (unpaired) electrons. The summed E-state index contributed by atoms with van der Waals surface area (Å²) in [6, 6.07) is 7.17. The molecule has 5 nitrogen and oxygen atoms in total. The van der Waals surface area contributed by atoms with Crippen LogP contribution < -0.4 is 4.72 Å². The van der Waals surface area contributed by atoms with Gasteiger partial charge in [-0.25, -0.2) is 13.1 Å². The minimum absolute atomic E-state index is 0.131. The van der Waals surface area contributed by atoms with Crippen LogP contribution in [-0.2, 0) is 10.0 Å². The molecule has 0 spiro atoms. The van der Waals surface area contributed by atoms with Crippen LogP contribution in [-0.4, -0.2) is 18.6 Å². The van der Waals surface area contributed by atoms with E-state index in [0.717, 1.165) is 10.0 Å². The lowest BCUT2D eigenvalue weighted by molar-refractivity contribution is 0.567. The topological polar surface area (TPSA) is 74.8 Å². The number of hydrogen-bond acceptors (Lipinski definition) is 3. The van der Waals surface area contributed by atoms with Crippen LogP contribution in [0.1, 0.15) is 18.5 Å². The van der Waals surface area contributed by atoms with E-state index in [2.05, 4.69) is 30.8 Å². The van der Waals surface area contributed by atoms with Crippen molar-refractivity contribution in [2.75, 3.05) is 0 Å². The van der Waals surface area contributed by atoms with Gasteiger partial charge in [-0.3, -0.25) is 5.10 Å². The summed E-state index contributed by atoms with van der Waals surface area (Å²) in [5.41, 5.74) is 0.894. The zero-order chi connectivity index (χ0) is 13.2. The van der Waals surface area contributed by atoms with Gasteiger partial charge in [-0.1, -0.05) is 28.1 Å². The van der Waals surface area contributed by atoms with Gasteiger partial charge in [-0.2, -0.15) is 5.10 Å². The Morgan fingerprint density at radius 1 is 1.33 bits per heavy atom. The standard InChI is InChI=1S/C11H12BrN3O2S/c1-8(9-2-4-10(12)5-3-9)15-18(16,17)11-6-13-14-7-11/h2-8,15H,1H3,(H,13,14)/t8-/m0/s1. The van der Waals surface area contributed by atoms with Crippen LogP contribution in [0.3, 0.4) is 0 Å². The Kier molecular flexibility index (Phi) is 3.84. The molecule has 0 fully saturated rings. The second kappa shape index (κ2) is 5.21. The fraction of sp³-hybridized carbons (Fsp3) is 0.182. The summed E-state index contributed by atoms with van der Waals surface area (Å²) in [6.07, 6.45) is 2.62. The molecule has 1 atom stereocenters. The van der Waals surface area contributed by atoms with Crippen molar-refractivity contribution < 1.29 is 8.42 Å². The van der Waals surface area contributed by atoms with Crippen molar-refractivity contribution in [2.24, 2.45) is 0 Å². The molecule has 1 aromatic carbocycles. The van der Waals surface area contributed by atoms with E-state index < -0.39 is 10.0 Å². The average molecular weight is 330 g/mol. The summed E-state index contributed by atoms with van der Waals surface area (Å²) in [4.78, 5) is 0.131. The van der Waals surface area contributed by atoms with Crippen LogP contribution in [0, 0.1) is 0 Å². The Morgan fingerprint density at radius 3 is 2.56 bits per heavy atom. The van der Waals surface area contributed by atoms with Gasteiger partial charge in [-0.05, 0) is 24.6 Å². The van der Waals surface area contributed by atoms with E-state index in [1.165, 1.54) is 12.4 Å². The monoisotopic (exact) mass is 329 g/mol. The van der Waals surface area contributed by atoms with E-state index in [4.69, 9.17) is 0 Å². The van der Waals surface area contributed by atoms with Crippen molar-refractivity contribution in [1.29, 1.82) is 0 Å². The first-order valence-corrected chi connectivity index (χ1v) is 7.53. The normalized spacial score (nSPS) is 13.4. The van der Waals surface area contributed by atoms with Crippen LogP contribution in [0.5, 0.6) is 0 Å². The second-order valence-corrected chi connectivity index (χ2v) is 6.46. The zero-order valence-corrected chi connectivity index (χ0v) is 12.0. The second-order valence-electron chi connectivity index (χ2n) is 3.83. The largest absolute Gasteiger partial charge is 0.284 e. The summed E-state index contributed by atoms with van der Waals surface area (Å²) in [5, 5.41) is 6.11. The zero-order valence-electron chi connectivity index (χ0n) is 9.59. The molecule has 1 aromatic heterocycles. The Hall–Kier alpha value is -1.18. The van der Waals surface area contributed by atoms with Crippen LogP contribution in [0.2, 0.25) is 0 Å². The number of aromatic amines is 1. The fourth-order valence-corrected chi connectivity index (χ4v) is 2.91. The highest BCUT2D eigenvalue weighted by atomic mass is 79.9. The highest BCUT2D eigenvalue weighted by Crippen LogP contribution is 2.18. The van der Waals surface area contributed by atoms with Crippen LogP contribution in [0.15, 0.2) is 46.0 Å². The van der Waals surface area contributed by atoms with Gasteiger partial charge in [-0.15, -0.1) is 0 Å². The number of nitrogens with zero attached hydrogens (tertiary/aromatic N) is 1. The molecular formula is C11H12BrN3O2S. The Balaban J connectivity index is 2.17. The molecule has 0 saturated carbocycles. The highest BCUT2D eigenvalue weighted by molar-refractivity contribution is 9.10. The number of hydrogen-bond donors (Lipinski definition) is 2. The molecule has 2 N–H and O–H groups in total.